The molecule has 0 saturated carbocycles. The summed E-state index contributed by atoms with van der Waals surface area (Å²) in [6, 6.07) is 2.66. The molecule has 2 saturated heterocycles. The molecule has 2 atom stereocenters. The van der Waals surface area contributed by atoms with Crippen molar-refractivity contribution in [2.45, 2.75) is 32.0 Å². The molecule has 1 amide bonds. The van der Waals surface area contributed by atoms with Gasteiger partial charge >= 0.3 is 6.01 Å². The van der Waals surface area contributed by atoms with Crippen LogP contribution in [0.25, 0.3) is 0 Å². The van der Waals surface area contributed by atoms with Crippen LogP contribution in [0.4, 0.5) is 10.2 Å². The van der Waals surface area contributed by atoms with Crippen LogP contribution in [0.3, 0.4) is 0 Å². The number of nitrogens with zero attached hydrogens (tertiary/aromatic N) is 6. The summed E-state index contributed by atoms with van der Waals surface area (Å²) in [7, 11) is 1.55. The van der Waals surface area contributed by atoms with Crippen molar-refractivity contribution >= 4 is 11.7 Å². The molecular formula is C17H21FN6O2. The highest BCUT2D eigenvalue weighted by molar-refractivity contribution is 5.94. The van der Waals surface area contributed by atoms with E-state index in [1.165, 1.54) is 10.9 Å². The molecule has 0 spiro atoms. The van der Waals surface area contributed by atoms with Crippen LogP contribution in [-0.4, -0.2) is 69.5 Å². The molecule has 26 heavy (non-hydrogen) atoms. The lowest BCUT2D eigenvalue weighted by atomic mass is 10.2. The van der Waals surface area contributed by atoms with E-state index < -0.39 is 6.67 Å². The molecule has 0 aliphatic carbocycles. The van der Waals surface area contributed by atoms with Gasteiger partial charge in [-0.1, -0.05) is 0 Å². The van der Waals surface area contributed by atoms with Crippen molar-refractivity contribution in [2.24, 2.45) is 0 Å². The molecular weight excluding hydrogens is 339 g/mol. The number of fused-ring (bicyclic) bond motifs is 2. The highest BCUT2D eigenvalue weighted by Crippen LogP contribution is 2.35. The van der Waals surface area contributed by atoms with Crippen LogP contribution >= 0.6 is 0 Å². The molecule has 8 nitrogen and oxygen atoms in total. The molecule has 0 radical (unpaired) electrons. The van der Waals surface area contributed by atoms with Gasteiger partial charge in [-0.15, -0.1) is 0 Å². The SMILES string of the molecule is COc1nc(C)cc(N2C[C@@H]3C[C@H]2CN3C(=O)c2cnn(CCF)c2)n1. The Morgan fingerprint density at radius 2 is 2.19 bits per heavy atom. The molecule has 4 heterocycles. The fourth-order valence-corrected chi connectivity index (χ4v) is 3.81. The number of carbonyl (C=O) groups excluding carboxylic acids is 1. The monoisotopic (exact) mass is 360 g/mol. The maximum Gasteiger partial charge on any atom is 0.318 e. The van der Waals surface area contributed by atoms with Gasteiger partial charge in [0.2, 0.25) is 0 Å². The molecule has 2 aliphatic rings. The first-order chi connectivity index (χ1) is 12.6. The Morgan fingerprint density at radius 1 is 1.35 bits per heavy atom. The topological polar surface area (TPSA) is 76.4 Å². The number of hydrogen-bond donors (Lipinski definition) is 0. The zero-order valence-electron chi connectivity index (χ0n) is 14.8. The second kappa shape index (κ2) is 6.54. The lowest BCUT2D eigenvalue weighted by Gasteiger charge is -2.34. The number of anilines is 1. The normalized spacial score (nSPS) is 21.5. The molecule has 4 rings (SSSR count). The Labute approximate surface area is 150 Å². The van der Waals surface area contributed by atoms with Gasteiger partial charge in [-0.05, 0) is 13.3 Å². The Kier molecular flexibility index (Phi) is 4.21. The van der Waals surface area contributed by atoms with Crippen LogP contribution in [0, 0.1) is 6.92 Å². The molecule has 2 fully saturated rings. The predicted molar refractivity (Wildman–Crippen MR) is 92.1 cm³/mol. The number of carbonyl (C=O) groups is 1. The summed E-state index contributed by atoms with van der Waals surface area (Å²) >= 11 is 0. The van der Waals surface area contributed by atoms with Crippen LogP contribution in [0.1, 0.15) is 22.5 Å². The quantitative estimate of drug-likeness (QED) is 0.794. The van der Waals surface area contributed by atoms with E-state index in [1.807, 2.05) is 17.9 Å². The number of rotatable bonds is 5. The van der Waals surface area contributed by atoms with Crippen molar-refractivity contribution in [3.63, 3.8) is 0 Å². The number of aromatic nitrogens is 4. The fourth-order valence-electron chi connectivity index (χ4n) is 3.81. The number of amides is 1. The number of halogens is 1. The number of methoxy groups -OCH3 is 1. The van der Waals surface area contributed by atoms with Gasteiger partial charge in [0.15, 0.2) is 0 Å². The summed E-state index contributed by atoms with van der Waals surface area (Å²) in [4.78, 5) is 25.5. The second-order valence-electron chi connectivity index (χ2n) is 6.69. The van der Waals surface area contributed by atoms with E-state index in [4.69, 9.17) is 4.74 Å². The van der Waals surface area contributed by atoms with Gasteiger partial charge in [-0.2, -0.15) is 10.1 Å². The van der Waals surface area contributed by atoms with Gasteiger partial charge in [0.1, 0.15) is 12.5 Å². The largest absolute Gasteiger partial charge is 0.467 e. The zero-order chi connectivity index (χ0) is 18.3. The average Bonchev–Trinajstić information content (AvgIpc) is 3.36. The summed E-state index contributed by atoms with van der Waals surface area (Å²) in [5, 5.41) is 4.04. The first-order valence-electron chi connectivity index (χ1n) is 8.64. The maximum atomic E-state index is 12.8. The number of piperazine rings is 1. The fraction of sp³-hybridized carbons (Fsp3) is 0.529. The lowest BCUT2D eigenvalue weighted by Crippen LogP contribution is -2.49. The van der Waals surface area contributed by atoms with Crippen LogP contribution in [-0.2, 0) is 6.54 Å². The molecule has 2 aromatic heterocycles. The Balaban J connectivity index is 1.48. The number of alkyl halides is 1. The highest BCUT2D eigenvalue weighted by atomic mass is 19.1. The van der Waals surface area contributed by atoms with E-state index in [1.54, 1.807) is 13.3 Å². The van der Waals surface area contributed by atoms with Gasteiger partial charge in [0, 0.05) is 31.0 Å². The molecule has 0 unspecified atom stereocenters. The van der Waals surface area contributed by atoms with E-state index in [-0.39, 0.29) is 24.5 Å². The summed E-state index contributed by atoms with van der Waals surface area (Å²) in [6.07, 6.45) is 4.04. The van der Waals surface area contributed by atoms with E-state index in [0.29, 0.717) is 18.1 Å². The number of ether oxygens (including phenoxy) is 1. The van der Waals surface area contributed by atoms with Crippen molar-refractivity contribution < 1.29 is 13.9 Å². The third-order valence-corrected chi connectivity index (χ3v) is 4.99. The first-order valence-corrected chi connectivity index (χ1v) is 8.64. The maximum absolute atomic E-state index is 12.8. The summed E-state index contributed by atoms with van der Waals surface area (Å²) < 4.78 is 19.0. The van der Waals surface area contributed by atoms with Gasteiger partial charge < -0.3 is 14.5 Å². The molecule has 2 aromatic rings. The van der Waals surface area contributed by atoms with Gasteiger partial charge in [-0.3, -0.25) is 9.48 Å². The smallest absolute Gasteiger partial charge is 0.318 e. The zero-order valence-corrected chi connectivity index (χ0v) is 14.8. The standard InChI is InChI=1S/C17H21FN6O2/c1-11-5-15(21-17(20-11)26-2)23-9-14-6-13(23)10-24(14)16(25)12-7-19-22(8-12)4-3-18/h5,7-8,13-14H,3-4,6,9-10H2,1-2H3/t13-,14-/m0/s1. The molecule has 2 aliphatic heterocycles. The molecule has 138 valence electrons. The summed E-state index contributed by atoms with van der Waals surface area (Å²) in [5.41, 5.74) is 1.36. The number of likely N-dealkylation sites (tertiary alicyclic amines) is 1. The van der Waals surface area contributed by atoms with Gasteiger partial charge in [-0.25, -0.2) is 9.37 Å². The third kappa shape index (κ3) is 2.87. The second-order valence-corrected chi connectivity index (χ2v) is 6.69. The first kappa shape index (κ1) is 16.7. The van der Waals surface area contributed by atoms with Crippen LogP contribution in [0.5, 0.6) is 6.01 Å². The van der Waals surface area contributed by atoms with Crippen LogP contribution < -0.4 is 9.64 Å². The molecule has 9 heteroatoms. The van der Waals surface area contributed by atoms with Crippen molar-refractivity contribution in [1.82, 2.24) is 24.6 Å². The minimum Gasteiger partial charge on any atom is -0.467 e. The predicted octanol–water partition coefficient (Wildman–Crippen LogP) is 1.06. The van der Waals surface area contributed by atoms with Gasteiger partial charge in [0.25, 0.3) is 5.91 Å². The van der Waals surface area contributed by atoms with E-state index in [9.17, 15) is 9.18 Å². The van der Waals surface area contributed by atoms with Crippen molar-refractivity contribution in [2.75, 3.05) is 31.8 Å². The number of hydrogen-bond acceptors (Lipinski definition) is 6. The minimum atomic E-state index is -0.500. The Morgan fingerprint density at radius 3 is 2.88 bits per heavy atom. The Bertz CT molecular complexity index is 825. The van der Waals surface area contributed by atoms with E-state index in [0.717, 1.165) is 24.5 Å². The lowest BCUT2D eigenvalue weighted by molar-refractivity contribution is 0.0725. The minimum absolute atomic E-state index is 0.0429. The van der Waals surface area contributed by atoms with Gasteiger partial charge in [0.05, 0.1) is 37.5 Å². The number of aryl methyl sites for hydroxylation is 2. The summed E-state index contributed by atoms with van der Waals surface area (Å²) in [6.45, 7) is 2.95. The van der Waals surface area contributed by atoms with Crippen LogP contribution in [0.2, 0.25) is 0 Å². The highest BCUT2D eigenvalue weighted by Gasteiger charge is 2.46. The Hall–Kier alpha value is -2.71. The van der Waals surface area contributed by atoms with E-state index >= 15 is 0 Å². The van der Waals surface area contributed by atoms with Crippen molar-refractivity contribution in [3.8, 4) is 6.01 Å². The van der Waals surface area contributed by atoms with E-state index in [2.05, 4.69) is 20.0 Å². The van der Waals surface area contributed by atoms with Crippen LogP contribution in [0.15, 0.2) is 18.5 Å². The molecule has 0 aromatic carbocycles. The molecule has 2 bridgehead atoms. The third-order valence-electron chi connectivity index (χ3n) is 4.99. The molecule has 0 N–H and O–H groups in total. The summed E-state index contributed by atoms with van der Waals surface area (Å²) in [5.74, 6) is 0.795. The van der Waals surface area contributed by atoms with Crippen molar-refractivity contribution in [1.29, 1.82) is 0 Å². The average molecular weight is 360 g/mol. The van der Waals surface area contributed by atoms with Crippen molar-refractivity contribution in [3.05, 3.63) is 29.7 Å².